The van der Waals surface area contributed by atoms with E-state index in [0.717, 1.165) is 98.7 Å². The zero-order valence-corrected chi connectivity index (χ0v) is 35.7. The second kappa shape index (κ2) is 16.4. The number of rotatable bonds is 15. The van der Waals surface area contributed by atoms with E-state index in [1.165, 1.54) is 30.5 Å². The summed E-state index contributed by atoms with van der Waals surface area (Å²) < 4.78 is 19.1. The molecule has 4 aliphatic rings. The first-order valence-corrected chi connectivity index (χ1v) is 22.1. The maximum atomic E-state index is 14.1. The van der Waals surface area contributed by atoms with E-state index in [1.54, 1.807) is 6.07 Å². The lowest BCUT2D eigenvalue weighted by Crippen LogP contribution is -2.47. The second-order valence-electron chi connectivity index (χ2n) is 19.5. The van der Waals surface area contributed by atoms with Gasteiger partial charge in [-0.25, -0.2) is 4.79 Å². The van der Waals surface area contributed by atoms with Crippen molar-refractivity contribution in [2.24, 2.45) is 11.3 Å². The van der Waals surface area contributed by atoms with Crippen LogP contribution in [0.25, 0.3) is 11.0 Å². The molecule has 1 saturated carbocycles. The number of carbonyl (C=O) groups is 3. The van der Waals surface area contributed by atoms with Crippen LogP contribution in [0.3, 0.4) is 0 Å². The lowest BCUT2D eigenvalue weighted by Gasteiger charge is -2.47. The number of hydrogen-bond acceptors (Lipinski definition) is 8. The van der Waals surface area contributed by atoms with Gasteiger partial charge < -0.3 is 18.8 Å². The number of ether oxygens (including phenoxy) is 2. The lowest BCUT2D eigenvalue weighted by atomic mass is 9.66. The first-order chi connectivity index (χ1) is 27.1. The Balaban J connectivity index is 1.02. The summed E-state index contributed by atoms with van der Waals surface area (Å²) in [5.41, 5.74) is 4.42. The summed E-state index contributed by atoms with van der Waals surface area (Å²) in [5.74, 6) is 1.10. The van der Waals surface area contributed by atoms with Gasteiger partial charge in [-0.2, -0.15) is 0 Å². The molecule has 1 aliphatic carbocycles. The number of fused-ring (bicyclic) bond motifs is 5. The van der Waals surface area contributed by atoms with Crippen LogP contribution < -0.4 is 20.0 Å². The predicted octanol–water partition coefficient (Wildman–Crippen LogP) is 11.1. The molecule has 57 heavy (non-hydrogen) atoms. The number of carbonyl (C=O) groups excluding carboxylic acids is 3. The summed E-state index contributed by atoms with van der Waals surface area (Å²) in [4.78, 5) is 55.9. The largest absolute Gasteiger partial charge is 0.487 e. The van der Waals surface area contributed by atoms with Gasteiger partial charge in [0.1, 0.15) is 34.0 Å². The van der Waals surface area contributed by atoms with Crippen LogP contribution in [0.4, 0.5) is 5.69 Å². The van der Waals surface area contributed by atoms with Crippen molar-refractivity contribution >= 4 is 34.2 Å². The van der Waals surface area contributed by atoms with Gasteiger partial charge in [0.05, 0.1) is 5.41 Å². The number of nitrogens with zero attached hydrogens (tertiary/aromatic N) is 1. The minimum Gasteiger partial charge on any atom is -0.487 e. The molecule has 0 amide bonds. The van der Waals surface area contributed by atoms with Gasteiger partial charge in [-0.05, 0) is 120 Å². The lowest BCUT2D eigenvalue weighted by molar-refractivity contribution is -0.144. The van der Waals surface area contributed by atoms with Crippen molar-refractivity contribution in [3.8, 4) is 11.5 Å². The van der Waals surface area contributed by atoms with Gasteiger partial charge in [0.15, 0.2) is 5.78 Å². The molecule has 1 fully saturated rings. The first kappa shape index (κ1) is 41.2. The SMILES string of the molecule is CCCCCCC(C)(C)c1cc(OC(=O)C(C)(C)CCCCCC(=O)c2cc3cc4c5c(c3oc2=O)CCCN5CCC4)c2c(c1)OC(C)(C)[C@@H]1CCC(=O)C[C@@H]21. The molecule has 4 heterocycles. The van der Waals surface area contributed by atoms with Crippen molar-refractivity contribution in [3.05, 3.63) is 62.5 Å². The minimum absolute atomic E-state index is 0.0659. The van der Waals surface area contributed by atoms with Gasteiger partial charge in [-0.1, -0.05) is 59.3 Å². The van der Waals surface area contributed by atoms with Crippen LogP contribution in [0.1, 0.15) is 183 Å². The molecule has 0 radical (unpaired) electrons. The number of benzene rings is 2. The zero-order valence-electron chi connectivity index (χ0n) is 35.7. The monoisotopic (exact) mass is 779 g/mol. The molecular formula is C49H65NO7. The molecule has 2 aromatic carbocycles. The van der Waals surface area contributed by atoms with Crippen LogP contribution in [-0.2, 0) is 27.8 Å². The fraction of sp³-hybridized carbons (Fsp3) is 0.633. The topological polar surface area (TPSA) is 103 Å². The Morgan fingerprint density at radius 3 is 2.40 bits per heavy atom. The third kappa shape index (κ3) is 8.48. The third-order valence-electron chi connectivity index (χ3n) is 13.8. The fourth-order valence-electron chi connectivity index (χ4n) is 10.3. The Labute approximate surface area is 339 Å². The first-order valence-electron chi connectivity index (χ1n) is 22.1. The average molecular weight is 780 g/mol. The van der Waals surface area contributed by atoms with Gasteiger partial charge in [0.2, 0.25) is 0 Å². The molecule has 2 atom stereocenters. The van der Waals surface area contributed by atoms with Crippen LogP contribution in [-0.4, -0.2) is 36.2 Å². The maximum absolute atomic E-state index is 14.1. The summed E-state index contributed by atoms with van der Waals surface area (Å²) in [7, 11) is 0. The number of hydrogen-bond donors (Lipinski definition) is 0. The number of unbranched alkanes of at least 4 members (excludes halogenated alkanes) is 5. The molecule has 0 saturated heterocycles. The van der Waals surface area contributed by atoms with E-state index in [0.29, 0.717) is 37.0 Å². The second-order valence-corrected chi connectivity index (χ2v) is 19.5. The predicted molar refractivity (Wildman–Crippen MR) is 226 cm³/mol. The number of anilines is 1. The van der Waals surface area contributed by atoms with Gasteiger partial charge in [-0.3, -0.25) is 14.4 Å². The molecule has 3 aliphatic heterocycles. The van der Waals surface area contributed by atoms with Crippen LogP contribution in [0.5, 0.6) is 11.5 Å². The van der Waals surface area contributed by atoms with Gasteiger partial charge >= 0.3 is 11.6 Å². The Morgan fingerprint density at radius 1 is 0.895 bits per heavy atom. The number of aryl methyl sites for hydroxylation is 2. The van der Waals surface area contributed by atoms with E-state index in [2.05, 4.69) is 57.7 Å². The highest BCUT2D eigenvalue weighted by Gasteiger charge is 2.48. The number of ketones is 2. The Morgan fingerprint density at radius 2 is 1.63 bits per heavy atom. The molecule has 8 nitrogen and oxygen atoms in total. The summed E-state index contributed by atoms with van der Waals surface area (Å²) >= 11 is 0. The standard InChI is InChI=1S/C49H65NO7/c1-8-9-10-13-22-47(2,3)33-28-40(42-36-30-34(51)20-21-38(36)49(6,7)57-41(42)29-33)55-46(54)48(4,5)23-14-11-12-19-39(52)37-27-32-26-31-17-15-24-50-25-16-18-35(43(31)50)44(32)56-45(37)53/h26-29,36,38H,8-25,30H2,1-7H3/t36-,38-/m1/s1. The van der Waals surface area contributed by atoms with Crippen molar-refractivity contribution in [2.45, 2.75) is 175 Å². The van der Waals surface area contributed by atoms with Crippen molar-refractivity contribution < 1.29 is 28.3 Å². The van der Waals surface area contributed by atoms with Crippen LogP contribution in [0.2, 0.25) is 0 Å². The molecule has 0 N–H and O–H groups in total. The van der Waals surface area contributed by atoms with E-state index in [-0.39, 0.29) is 46.8 Å². The molecule has 0 unspecified atom stereocenters. The summed E-state index contributed by atoms with van der Waals surface area (Å²) in [6.45, 7) is 16.9. The molecule has 308 valence electrons. The smallest absolute Gasteiger partial charge is 0.347 e. The summed E-state index contributed by atoms with van der Waals surface area (Å²) in [6, 6.07) is 8.08. The Bertz CT molecular complexity index is 2090. The molecule has 0 bridgehead atoms. The minimum atomic E-state index is -0.784. The maximum Gasteiger partial charge on any atom is 0.347 e. The van der Waals surface area contributed by atoms with Gasteiger partial charge in [0.25, 0.3) is 0 Å². The van der Waals surface area contributed by atoms with Gasteiger partial charge in [-0.15, -0.1) is 0 Å². The van der Waals surface area contributed by atoms with Crippen LogP contribution in [0, 0.1) is 11.3 Å². The molecule has 8 heteroatoms. The van der Waals surface area contributed by atoms with Crippen LogP contribution >= 0.6 is 0 Å². The highest BCUT2D eigenvalue weighted by Crippen LogP contribution is 2.55. The molecule has 0 spiro atoms. The van der Waals surface area contributed by atoms with Crippen molar-refractivity contribution in [2.75, 3.05) is 18.0 Å². The van der Waals surface area contributed by atoms with E-state index in [1.807, 2.05) is 13.8 Å². The highest BCUT2D eigenvalue weighted by molar-refractivity contribution is 5.99. The van der Waals surface area contributed by atoms with Crippen molar-refractivity contribution in [3.63, 3.8) is 0 Å². The van der Waals surface area contributed by atoms with Crippen LogP contribution in [0.15, 0.2) is 33.5 Å². The normalized spacial score (nSPS) is 20.1. The van der Waals surface area contributed by atoms with Crippen molar-refractivity contribution in [1.82, 2.24) is 0 Å². The molecule has 3 aromatic rings. The average Bonchev–Trinajstić information content (AvgIpc) is 3.16. The Kier molecular flexibility index (Phi) is 11.8. The third-order valence-corrected chi connectivity index (χ3v) is 13.8. The fourth-order valence-corrected chi connectivity index (χ4v) is 10.3. The highest BCUT2D eigenvalue weighted by atomic mass is 16.5. The summed E-state index contributed by atoms with van der Waals surface area (Å²) in [5, 5.41) is 0.846. The quantitative estimate of drug-likeness (QED) is 0.0494. The van der Waals surface area contributed by atoms with E-state index in [9.17, 15) is 19.2 Å². The summed E-state index contributed by atoms with van der Waals surface area (Å²) in [6.07, 6.45) is 14.4. The van der Waals surface area contributed by atoms with E-state index in [4.69, 9.17) is 13.9 Å². The van der Waals surface area contributed by atoms with Gasteiger partial charge in [0, 0.05) is 66.4 Å². The zero-order chi connectivity index (χ0) is 40.7. The number of esters is 1. The number of Topliss-reactive ketones (excluding diaryl/α,β-unsaturated/α-hetero) is 2. The Hall–Kier alpha value is -3.94. The molecule has 7 rings (SSSR count). The molecular weight excluding hydrogens is 715 g/mol. The van der Waals surface area contributed by atoms with E-state index >= 15 is 0 Å². The van der Waals surface area contributed by atoms with Crippen molar-refractivity contribution in [1.29, 1.82) is 0 Å². The molecule has 1 aromatic heterocycles. The van der Waals surface area contributed by atoms with E-state index < -0.39 is 16.6 Å².